The van der Waals surface area contributed by atoms with E-state index in [4.69, 9.17) is 0 Å². The second kappa shape index (κ2) is 9.70. The van der Waals surface area contributed by atoms with Crippen molar-refractivity contribution in [3.05, 3.63) is 99.1 Å². The van der Waals surface area contributed by atoms with Crippen LogP contribution < -0.4 is 10.2 Å². The molecule has 182 valence electrons. The number of halogens is 1. The van der Waals surface area contributed by atoms with Gasteiger partial charge in [-0.2, -0.15) is 4.68 Å². The van der Waals surface area contributed by atoms with Gasteiger partial charge >= 0.3 is 0 Å². The van der Waals surface area contributed by atoms with Gasteiger partial charge in [0.1, 0.15) is 17.2 Å². The summed E-state index contributed by atoms with van der Waals surface area (Å²) < 4.78 is 15.6. The molecular weight excluding hydrogens is 469 g/mol. The van der Waals surface area contributed by atoms with Crippen LogP contribution in [0, 0.1) is 22.9 Å². The van der Waals surface area contributed by atoms with E-state index in [9.17, 15) is 24.1 Å². The fourth-order valence-corrected chi connectivity index (χ4v) is 3.63. The Balaban J connectivity index is 1.66. The SMILES string of the molecule is Cc1nnnn1-c1cc(NC(=O)c2ccccc2C(=O)c2ccc(N(C)C)c([N+](=O)[O-])c2)ccc1F. The van der Waals surface area contributed by atoms with E-state index in [1.54, 1.807) is 38.1 Å². The van der Waals surface area contributed by atoms with E-state index in [2.05, 4.69) is 20.8 Å². The highest BCUT2D eigenvalue weighted by atomic mass is 19.1. The Morgan fingerprint density at radius 3 is 2.42 bits per heavy atom. The van der Waals surface area contributed by atoms with Crippen LogP contribution >= 0.6 is 0 Å². The number of carbonyl (C=O) groups excluding carboxylic acids is 2. The van der Waals surface area contributed by atoms with Crippen LogP contribution in [-0.2, 0) is 0 Å². The molecule has 1 aromatic heterocycles. The summed E-state index contributed by atoms with van der Waals surface area (Å²) in [6.45, 7) is 1.60. The second-order valence-corrected chi connectivity index (χ2v) is 7.99. The van der Waals surface area contributed by atoms with Crippen LogP contribution in [0.5, 0.6) is 0 Å². The van der Waals surface area contributed by atoms with Crippen molar-refractivity contribution in [2.24, 2.45) is 0 Å². The number of nitrogens with zero attached hydrogens (tertiary/aromatic N) is 6. The van der Waals surface area contributed by atoms with E-state index < -0.39 is 22.4 Å². The fourth-order valence-electron chi connectivity index (χ4n) is 3.63. The first-order valence-electron chi connectivity index (χ1n) is 10.6. The van der Waals surface area contributed by atoms with Crippen LogP contribution in [0.3, 0.4) is 0 Å². The highest BCUT2D eigenvalue weighted by molar-refractivity contribution is 6.18. The first kappa shape index (κ1) is 24.1. The lowest BCUT2D eigenvalue weighted by atomic mass is 9.97. The van der Waals surface area contributed by atoms with Gasteiger partial charge in [-0.3, -0.25) is 19.7 Å². The lowest BCUT2D eigenvalue weighted by Gasteiger charge is -2.14. The summed E-state index contributed by atoms with van der Waals surface area (Å²) in [5.41, 5.74) is 0.558. The molecule has 0 bridgehead atoms. The molecule has 0 fully saturated rings. The number of hydrogen-bond acceptors (Lipinski definition) is 8. The number of aryl methyl sites for hydroxylation is 1. The molecule has 0 saturated carbocycles. The van der Waals surface area contributed by atoms with E-state index >= 15 is 0 Å². The molecule has 3 aromatic carbocycles. The number of ketones is 1. The molecule has 0 aliphatic rings. The van der Waals surface area contributed by atoms with E-state index in [1.165, 1.54) is 47.1 Å². The molecule has 11 nitrogen and oxygen atoms in total. The zero-order chi connectivity index (χ0) is 26.0. The molecule has 0 aliphatic heterocycles. The average molecular weight is 489 g/mol. The molecule has 0 spiro atoms. The summed E-state index contributed by atoms with van der Waals surface area (Å²) >= 11 is 0. The first-order chi connectivity index (χ1) is 17.2. The quantitative estimate of drug-likeness (QED) is 0.236. The average Bonchev–Trinajstić information content (AvgIpc) is 3.29. The Morgan fingerprint density at radius 2 is 1.78 bits per heavy atom. The van der Waals surface area contributed by atoms with Crippen LogP contribution in [0.2, 0.25) is 0 Å². The van der Waals surface area contributed by atoms with Crippen LogP contribution in [0.15, 0.2) is 60.7 Å². The van der Waals surface area contributed by atoms with Crippen molar-refractivity contribution in [2.75, 3.05) is 24.3 Å². The molecule has 12 heteroatoms. The maximum absolute atomic E-state index is 14.4. The van der Waals surface area contributed by atoms with Gasteiger partial charge in [-0.25, -0.2) is 4.39 Å². The lowest BCUT2D eigenvalue weighted by Crippen LogP contribution is -2.18. The number of nitro groups is 1. The highest BCUT2D eigenvalue weighted by Gasteiger charge is 2.23. The number of anilines is 2. The fraction of sp³-hybridized carbons (Fsp3) is 0.125. The third-order valence-corrected chi connectivity index (χ3v) is 5.39. The van der Waals surface area contributed by atoms with Crippen molar-refractivity contribution in [2.45, 2.75) is 6.92 Å². The van der Waals surface area contributed by atoms with Crippen molar-refractivity contribution in [1.29, 1.82) is 0 Å². The van der Waals surface area contributed by atoms with Gasteiger partial charge in [-0.15, -0.1) is 5.10 Å². The topological polar surface area (TPSA) is 136 Å². The molecule has 0 aliphatic carbocycles. The van der Waals surface area contributed by atoms with Gasteiger partial charge in [0.05, 0.1) is 10.5 Å². The summed E-state index contributed by atoms with van der Waals surface area (Å²) in [5.74, 6) is -1.42. The van der Waals surface area contributed by atoms with Crippen molar-refractivity contribution in [3.8, 4) is 5.69 Å². The minimum absolute atomic E-state index is 0.0351. The maximum Gasteiger partial charge on any atom is 0.293 e. The number of nitro benzene ring substituents is 1. The molecule has 4 aromatic rings. The molecular formula is C24H20FN7O4. The predicted molar refractivity (Wildman–Crippen MR) is 129 cm³/mol. The predicted octanol–water partition coefficient (Wildman–Crippen LogP) is 3.57. The van der Waals surface area contributed by atoms with Gasteiger partial charge in [0.2, 0.25) is 0 Å². The minimum atomic E-state index is -0.621. The van der Waals surface area contributed by atoms with Gasteiger partial charge in [0, 0.05) is 37.0 Å². The van der Waals surface area contributed by atoms with Crippen LogP contribution in [0.1, 0.15) is 32.1 Å². The Hall–Kier alpha value is -5.00. The zero-order valence-corrected chi connectivity index (χ0v) is 19.5. The summed E-state index contributed by atoms with van der Waals surface area (Å²) in [5, 5.41) is 25.2. The molecule has 1 amide bonds. The Morgan fingerprint density at radius 1 is 1.06 bits per heavy atom. The minimum Gasteiger partial charge on any atom is -0.372 e. The molecule has 1 N–H and O–H groups in total. The van der Waals surface area contributed by atoms with E-state index in [-0.39, 0.29) is 33.8 Å². The largest absolute Gasteiger partial charge is 0.372 e. The van der Waals surface area contributed by atoms with Gasteiger partial charge in [0.25, 0.3) is 11.6 Å². The molecule has 0 unspecified atom stereocenters. The lowest BCUT2D eigenvalue weighted by molar-refractivity contribution is -0.384. The third-order valence-electron chi connectivity index (χ3n) is 5.39. The van der Waals surface area contributed by atoms with Gasteiger partial charge in [0.15, 0.2) is 11.6 Å². The molecule has 0 saturated heterocycles. The zero-order valence-electron chi connectivity index (χ0n) is 19.5. The molecule has 0 atom stereocenters. The molecule has 36 heavy (non-hydrogen) atoms. The summed E-state index contributed by atoms with van der Waals surface area (Å²) in [6.07, 6.45) is 0. The van der Waals surface area contributed by atoms with Crippen molar-refractivity contribution in [3.63, 3.8) is 0 Å². The third kappa shape index (κ3) is 4.64. The number of rotatable bonds is 7. The molecule has 0 radical (unpaired) electrons. The van der Waals surface area contributed by atoms with Gasteiger partial charge in [-0.05, 0) is 53.7 Å². The van der Waals surface area contributed by atoms with Crippen LogP contribution in [0.25, 0.3) is 5.69 Å². The number of tetrazole rings is 1. The Labute approximate surface area is 204 Å². The normalized spacial score (nSPS) is 10.7. The van der Waals surface area contributed by atoms with Gasteiger partial charge < -0.3 is 10.2 Å². The number of aromatic nitrogens is 4. The van der Waals surface area contributed by atoms with E-state index in [1.807, 2.05) is 0 Å². The van der Waals surface area contributed by atoms with Crippen molar-refractivity contribution in [1.82, 2.24) is 20.2 Å². The van der Waals surface area contributed by atoms with E-state index in [0.29, 0.717) is 11.5 Å². The summed E-state index contributed by atoms with van der Waals surface area (Å²) in [7, 11) is 3.32. The van der Waals surface area contributed by atoms with Crippen molar-refractivity contribution < 1.29 is 18.9 Å². The number of carbonyl (C=O) groups is 2. The van der Waals surface area contributed by atoms with Crippen molar-refractivity contribution >= 4 is 28.8 Å². The number of benzene rings is 3. The maximum atomic E-state index is 14.4. The number of amides is 1. The summed E-state index contributed by atoms with van der Waals surface area (Å²) in [6, 6.07) is 14.1. The second-order valence-electron chi connectivity index (χ2n) is 7.99. The number of nitrogens with one attached hydrogen (secondary N) is 1. The highest BCUT2D eigenvalue weighted by Crippen LogP contribution is 2.29. The number of hydrogen-bond donors (Lipinski definition) is 1. The van der Waals surface area contributed by atoms with Gasteiger partial charge in [-0.1, -0.05) is 18.2 Å². The monoisotopic (exact) mass is 489 g/mol. The standard InChI is InChI=1S/C24H20FN7O4/c1-14-27-28-29-31(14)21-13-16(9-10-19(21)25)26-24(34)18-7-5-4-6-17(18)23(33)15-8-11-20(30(2)3)22(12-15)32(35)36/h4-13H,1-3H3,(H,26,34). The molecule has 1 heterocycles. The van der Waals surface area contributed by atoms with Crippen LogP contribution in [0.4, 0.5) is 21.5 Å². The molecule has 4 rings (SSSR count). The first-order valence-corrected chi connectivity index (χ1v) is 10.6. The van der Waals surface area contributed by atoms with E-state index in [0.717, 1.165) is 6.07 Å². The summed E-state index contributed by atoms with van der Waals surface area (Å²) in [4.78, 5) is 38.9. The smallest absolute Gasteiger partial charge is 0.293 e. The Kier molecular flexibility index (Phi) is 6.50. The van der Waals surface area contributed by atoms with Crippen LogP contribution in [-0.4, -0.2) is 50.9 Å². The Bertz CT molecular complexity index is 1500.